The number of halogens is 1. The van der Waals surface area contributed by atoms with Gasteiger partial charge in [0.25, 0.3) is 0 Å². The molecule has 0 radical (unpaired) electrons. The van der Waals surface area contributed by atoms with Gasteiger partial charge in [-0.05, 0) is 23.8 Å². The van der Waals surface area contributed by atoms with E-state index < -0.39 is 0 Å². The molecule has 1 fully saturated rings. The van der Waals surface area contributed by atoms with Crippen LogP contribution in [-0.2, 0) is 11.3 Å². The van der Waals surface area contributed by atoms with Crippen LogP contribution in [0.1, 0.15) is 15.9 Å². The molecular weight excluding hydrogens is 421 g/mol. The average molecular weight is 448 g/mol. The molecule has 0 aromatic heterocycles. The zero-order valence-corrected chi connectivity index (χ0v) is 18.2. The highest BCUT2D eigenvalue weighted by atomic mass is 19.1. The summed E-state index contributed by atoms with van der Waals surface area (Å²) in [5.74, 6) is -0.428. The standard InChI is InChI=1S/C26H26FN3O3/c27-23-17-22(28-18-25(31)21-9-5-2-6-10-21)11-12-24(23)29-13-15-30(16-14-29)26(32)33-19-20-7-3-1-4-8-20/h1-12,17,28H,13-16,18-19H2. The molecule has 0 unspecified atom stereocenters. The Kier molecular flexibility index (Phi) is 7.19. The number of hydrogen-bond acceptors (Lipinski definition) is 5. The number of ketones is 1. The molecule has 33 heavy (non-hydrogen) atoms. The van der Waals surface area contributed by atoms with Gasteiger partial charge in [-0.15, -0.1) is 0 Å². The molecule has 1 N–H and O–H groups in total. The summed E-state index contributed by atoms with van der Waals surface area (Å²) in [4.78, 5) is 28.1. The minimum absolute atomic E-state index is 0.0599. The first-order valence-electron chi connectivity index (χ1n) is 10.9. The Hall–Kier alpha value is -3.87. The van der Waals surface area contributed by atoms with Crippen LogP contribution in [0.3, 0.4) is 0 Å². The molecule has 1 heterocycles. The topological polar surface area (TPSA) is 61.9 Å². The smallest absolute Gasteiger partial charge is 0.410 e. The zero-order chi connectivity index (χ0) is 23.0. The Bertz CT molecular complexity index is 1080. The molecule has 0 saturated carbocycles. The maximum absolute atomic E-state index is 14.8. The normalized spacial score (nSPS) is 13.5. The minimum Gasteiger partial charge on any atom is -0.445 e. The van der Waals surface area contributed by atoms with Crippen molar-refractivity contribution in [2.75, 3.05) is 42.9 Å². The van der Waals surface area contributed by atoms with Crippen LogP contribution in [0.15, 0.2) is 78.9 Å². The van der Waals surface area contributed by atoms with Crippen molar-refractivity contribution in [3.05, 3.63) is 95.8 Å². The molecule has 1 aliphatic heterocycles. The number of carbonyl (C=O) groups excluding carboxylic acids is 2. The number of hydrogen-bond donors (Lipinski definition) is 1. The Morgan fingerprint density at radius 2 is 1.55 bits per heavy atom. The fourth-order valence-electron chi connectivity index (χ4n) is 3.72. The Balaban J connectivity index is 1.27. The van der Waals surface area contributed by atoms with Gasteiger partial charge >= 0.3 is 6.09 Å². The van der Waals surface area contributed by atoms with Gasteiger partial charge in [0, 0.05) is 37.4 Å². The first-order chi connectivity index (χ1) is 16.1. The van der Waals surface area contributed by atoms with Crippen molar-refractivity contribution in [3.63, 3.8) is 0 Å². The molecule has 7 heteroatoms. The lowest BCUT2D eigenvalue weighted by atomic mass is 10.1. The predicted molar refractivity (Wildman–Crippen MR) is 126 cm³/mol. The number of amides is 1. The molecule has 4 rings (SSSR count). The van der Waals surface area contributed by atoms with Crippen LogP contribution in [-0.4, -0.2) is 49.5 Å². The van der Waals surface area contributed by atoms with Gasteiger partial charge in [0.2, 0.25) is 0 Å². The highest BCUT2D eigenvalue weighted by Gasteiger charge is 2.24. The Morgan fingerprint density at radius 3 is 2.21 bits per heavy atom. The molecule has 0 spiro atoms. The van der Waals surface area contributed by atoms with E-state index in [-0.39, 0.29) is 30.8 Å². The molecule has 6 nitrogen and oxygen atoms in total. The van der Waals surface area contributed by atoms with E-state index in [1.807, 2.05) is 53.4 Å². The van der Waals surface area contributed by atoms with E-state index in [1.165, 1.54) is 6.07 Å². The summed E-state index contributed by atoms with van der Waals surface area (Å²) in [6, 6.07) is 23.4. The Labute approximate surface area is 192 Å². The largest absolute Gasteiger partial charge is 0.445 e. The van der Waals surface area contributed by atoms with Gasteiger partial charge in [-0.1, -0.05) is 60.7 Å². The average Bonchev–Trinajstić information content (AvgIpc) is 2.87. The van der Waals surface area contributed by atoms with Crippen LogP contribution in [0, 0.1) is 5.82 Å². The van der Waals surface area contributed by atoms with Gasteiger partial charge in [-0.2, -0.15) is 0 Å². The molecule has 3 aromatic rings. The van der Waals surface area contributed by atoms with Crippen LogP contribution in [0.2, 0.25) is 0 Å². The third kappa shape index (κ3) is 5.88. The second-order valence-electron chi connectivity index (χ2n) is 7.82. The SMILES string of the molecule is O=C(CNc1ccc(N2CCN(C(=O)OCc3ccccc3)CC2)c(F)c1)c1ccccc1. The van der Waals surface area contributed by atoms with Crippen LogP contribution >= 0.6 is 0 Å². The lowest BCUT2D eigenvalue weighted by Gasteiger charge is -2.35. The molecule has 0 atom stereocenters. The minimum atomic E-state index is -0.368. The lowest BCUT2D eigenvalue weighted by molar-refractivity contribution is 0.0940. The highest BCUT2D eigenvalue weighted by molar-refractivity contribution is 5.98. The molecule has 3 aromatic carbocycles. The van der Waals surface area contributed by atoms with E-state index >= 15 is 0 Å². The van der Waals surface area contributed by atoms with Crippen molar-refractivity contribution in [2.45, 2.75) is 6.61 Å². The van der Waals surface area contributed by atoms with Gasteiger partial charge in [0.05, 0.1) is 12.2 Å². The molecular formula is C26H26FN3O3. The van der Waals surface area contributed by atoms with E-state index in [1.54, 1.807) is 29.2 Å². The van der Waals surface area contributed by atoms with E-state index in [9.17, 15) is 14.0 Å². The van der Waals surface area contributed by atoms with Crippen molar-refractivity contribution in [1.82, 2.24) is 4.90 Å². The van der Waals surface area contributed by atoms with E-state index in [0.29, 0.717) is 43.1 Å². The molecule has 170 valence electrons. The van der Waals surface area contributed by atoms with Gasteiger partial charge in [-0.3, -0.25) is 4.79 Å². The Morgan fingerprint density at radius 1 is 0.879 bits per heavy atom. The first-order valence-corrected chi connectivity index (χ1v) is 10.9. The molecule has 0 bridgehead atoms. The summed E-state index contributed by atoms with van der Waals surface area (Å²) in [6.07, 6.45) is -0.360. The number of Topliss-reactive ketones (excluding diaryl/α,β-unsaturated/α-hetero) is 1. The second kappa shape index (κ2) is 10.6. The third-order valence-electron chi connectivity index (χ3n) is 5.58. The highest BCUT2D eigenvalue weighted by Crippen LogP contribution is 2.24. The van der Waals surface area contributed by atoms with E-state index in [4.69, 9.17) is 4.74 Å². The molecule has 1 saturated heterocycles. The van der Waals surface area contributed by atoms with Crippen molar-refractivity contribution in [2.24, 2.45) is 0 Å². The zero-order valence-electron chi connectivity index (χ0n) is 18.2. The fraction of sp³-hybridized carbons (Fsp3) is 0.231. The summed E-state index contributed by atoms with van der Waals surface area (Å²) in [7, 11) is 0. The number of benzene rings is 3. The van der Waals surface area contributed by atoms with Gasteiger partial charge in [0.1, 0.15) is 12.4 Å². The summed E-state index contributed by atoms with van der Waals surface area (Å²) in [6.45, 7) is 2.26. The lowest BCUT2D eigenvalue weighted by Crippen LogP contribution is -2.49. The summed E-state index contributed by atoms with van der Waals surface area (Å²) in [5.41, 5.74) is 2.57. The van der Waals surface area contributed by atoms with Crippen LogP contribution < -0.4 is 10.2 Å². The summed E-state index contributed by atoms with van der Waals surface area (Å²) >= 11 is 0. The van der Waals surface area contributed by atoms with Crippen LogP contribution in [0.25, 0.3) is 0 Å². The van der Waals surface area contributed by atoms with Gasteiger partial charge < -0.3 is 19.9 Å². The summed E-state index contributed by atoms with van der Waals surface area (Å²) < 4.78 is 20.2. The van der Waals surface area contributed by atoms with Crippen molar-refractivity contribution < 1.29 is 18.7 Å². The van der Waals surface area contributed by atoms with Crippen molar-refractivity contribution in [3.8, 4) is 0 Å². The number of anilines is 2. The maximum Gasteiger partial charge on any atom is 0.410 e. The second-order valence-corrected chi connectivity index (χ2v) is 7.82. The van der Waals surface area contributed by atoms with Crippen LogP contribution in [0.4, 0.5) is 20.6 Å². The molecule has 1 aliphatic rings. The number of nitrogens with one attached hydrogen (secondary N) is 1. The fourth-order valence-corrected chi connectivity index (χ4v) is 3.72. The maximum atomic E-state index is 14.8. The molecule has 0 aliphatic carbocycles. The van der Waals surface area contributed by atoms with Crippen LogP contribution in [0.5, 0.6) is 0 Å². The van der Waals surface area contributed by atoms with E-state index in [2.05, 4.69) is 5.32 Å². The van der Waals surface area contributed by atoms with E-state index in [0.717, 1.165) is 5.56 Å². The van der Waals surface area contributed by atoms with Gasteiger partial charge in [-0.25, -0.2) is 9.18 Å². The number of ether oxygens (including phenoxy) is 1. The van der Waals surface area contributed by atoms with Crippen molar-refractivity contribution >= 4 is 23.3 Å². The quantitative estimate of drug-likeness (QED) is 0.537. The third-order valence-corrected chi connectivity index (χ3v) is 5.58. The van der Waals surface area contributed by atoms with Gasteiger partial charge in [0.15, 0.2) is 5.78 Å². The molecule has 1 amide bonds. The van der Waals surface area contributed by atoms with Crippen molar-refractivity contribution in [1.29, 1.82) is 0 Å². The monoisotopic (exact) mass is 447 g/mol. The number of nitrogens with zero attached hydrogens (tertiary/aromatic N) is 2. The number of rotatable bonds is 7. The number of piperazine rings is 1. The first kappa shape index (κ1) is 22.3. The summed E-state index contributed by atoms with van der Waals surface area (Å²) in [5, 5.41) is 2.99. The number of carbonyl (C=O) groups is 2. The predicted octanol–water partition coefficient (Wildman–Crippen LogP) is 4.58.